The summed E-state index contributed by atoms with van der Waals surface area (Å²) in [6.45, 7) is 0. The second kappa shape index (κ2) is 3.51. The molecule has 2 nitrogen and oxygen atoms in total. The van der Waals surface area contributed by atoms with E-state index in [0.717, 1.165) is 0 Å². The van der Waals surface area contributed by atoms with E-state index >= 15 is 0 Å². The Morgan fingerprint density at radius 1 is 1.36 bits per heavy atom. The van der Waals surface area contributed by atoms with Crippen LogP contribution in [0.1, 0.15) is 11.7 Å². The molecule has 3 heteroatoms. The van der Waals surface area contributed by atoms with Gasteiger partial charge in [-0.2, -0.15) is 0 Å². The summed E-state index contributed by atoms with van der Waals surface area (Å²) in [6.07, 6.45) is -1.20. The number of aliphatic hydroxyl groups excluding tert-OH is 1. The van der Waals surface area contributed by atoms with Gasteiger partial charge in [-0.1, -0.05) is 30.3 Å². The van der Waals surface area contributed by atoms with Gasteiger partial charge in [0.1, 0.15) is 0 Å². The third-order valence-electron chi connectivity index (χ3n) is 1.33. The van der Waals surface area contributed by atoms with Crippen LogP contribution in [0.25, 0.3) is 0 Å². The highest BCUT2D eigenvalue weighted by atomic mass is 35.5. The second-order valence-corrected chi connectivity index (χ2v) is 2.49. The van der Waals surface area contributed by atoms with Crippen molar-refractivity contribution >= 4 is 16.8 Å². The molecule has 0 radical (unpaired) electrons. The molecule has 0 fully saturated rings. The average Bonchev–Trinajstić information content (AvgIpc) is 2.05. The average molecular weight is 171 g/mol. The number of rotatable bonds is 2. The van der Waals surface area contributed by atoms with Crippen molar-refractivity contribution in [3.8, 4) is 0 Å². The van der Waals surface area contributed by atoms with Crippen molar-refractivity contribution in [2.75, 3.05) is 0 Å². The van der Waals surface area contributed by atoms with E-state index in [1.54, 1.807) is 30.3 Å². The molecule has 1 rings (SSSR count). The first kappa shape index (κ1) is 8.24. The van der Waals surface area contributed by atoms with Gasteiger partial charge in [0, 0.05) is 0 Å². The van der Waals surface area contributed by atoms with Crippen LogP contribution < -0.4 is 0 Å². The highest BCUT2D eigenvalue weighted by Crippen LogP contribution is 2.14. The van der Waals surface area contributed by atoms with E-state index in [-0.39, 0.29) is 0 Å². The molecule has 0 aromatic heterocycles. The van der Waals surface area contributed by atoms with Crippen LogP contribution in [0, 0.1) is 0 Å². The number of halogens is 1. The van der Waals surface area contributed by atoms with Crippen molar-refractivity contribution in [1.82, 2.24) is 0 Å². The zero-order chi connectivity index (χ0) is 8.27. The van der Waals surface area contributed by atoms with Crippen LogP contribution >= 0.6 is 11.6 Å². The first-order valence-electron chi connectivity index (χ1n) is 3.14. The number of benzene rings is 1. The Morgan fingerprint density at radius 3 is 2.36 bits per heavy atom. The van der Waals surface area contributed by atoms with E-state index in [1.165, 1.54) is 0 Å². The van der Waals surface area contributed by atoms with E-state index in [4.69, 9.17) is 16.7 Å². The molecular weight excluding hydrogens is 164 g/mol. The molecule has 1 aromatic rings. The molecule has 0 spiro atoms. The number of aliphatic hydroxyl groups is 1. The van der Waals surface area contributed by atoms with E-state index in [0.29, 0.717) is 5.56 Å². The number of carbonyl (C=O) groups excluding carboxylic acids is 1. The molecule has 0 aliphatic carbocycles. The molecular formula is C8H7ClO2. The maximum atomic E-state index is 10.5. The molecule has 0 saturated heterocycles. The van der Waals surface area contributed by atoms with Gasteiger partial charge in [-0.05, 0) is 17.2 Å². The van der Waals surface area contributed by atoms with Gasteiger partial charge in [0.05, 0.1) is 0 Å². The summed E-state index contributed by atoms with van der Waals surface area (Å²) < 4.78 is 0. The Balaban J connectivity index is 2.85. The van der Waals surface area contributed by atoms with Crippen molar-refractivity contribution in [2.45, 2.75) is 6.10 Å². The molecule has 0 heterocycles. The van der Waals surface area contributed by atoms with Crippen LogP contribution in [0.2, 0.25) is 0 Å². The van der Waals surface area contributed by atoms with Gasteiger partial charge in [-0.25, -0.2) is 0 Å². The summed E-state index contributed by atoms with van der Waals surface area (Å²) in [5, 5.41) is 8.36. The van der Waals surface area contributed by atoms with Crippen molar-refractivity contribution < 1.29 is 9.90 Å². The summed E-state index contributed by atoms with van der Waals surface area (Å²) in [5.74, 6) is 0. The van der Waals surface area contributed by atoms with E-state index in [9.17, 15) is 4.79 Å². The Kier molecular flexibility index (Phi) is 2.63. The molecule has 1 N–H and O–H groups in total. The van der Waals surface area contributed by atoms with Gasteiger partial charge in [-0.3, -0.25) is 4.79 Å². The van der Waals surface area contributed by atoms with E-state index < -0.39 is 11.3 Å². The smallest absolute Gasteiger partial charge is 0.254 e. The maximum Gasteiger partial charge on any atom is 0.254 e. The minimum atomic E-state index is -1.20. The molecule has 0 amide bonds. The first-order valence-corrected chi connectivity index (χ1v) is 3.52. The number of carbonyl (C=O) groups is 1. The lowest BCUT2D eigenvalue weighted by atomic mass is 10.1. The SMILES string of the molecule is O=C(Cl)[C@H](O)c1ccccc1. The molecule has 11 heavy (non-hydrogen) atoms. The molecule has 0 bridgehead atoms. The Labute approximate surface area is 69.4 Å². The van der Waals surface area contributed by atoms with Gasteiger partial charge in [0.2, 0.25) is 0 Å². The third kappa shape index (κ3) is 2.03. The van der Waals surface area contributed by atoms with Gasteiger partial charge in [0.15, 0.2) is 6.10 Å². The fraction of sp³-hybridized carbons (Fsp3) is 0.125. The maximum absolute atomic E-state index is 10.5. The quantitative estimate of drug-likeness (QED) is 0.683. The van der Waals surface area contributed by atoms with Crippen LogP contribution in [0.3, 0.4) is 0 Å². The lowest BCUT2D eigenvalue weighted by Gasteiger charge is -2.03. The normalized spacial score (nSPS) is 12.5. The fourth-order valence-electron chi connectivity index (χ4n) is 0.766. The fourth-order valence-corrected chi connectivity index (χ4v) is 0.892. The molecule has 0 aliphatic heterocycles. The summed E-state index contributed by atoms with van der Waals surface area (Å²) in [5.41, 5.74) is 0.521. The minimum Gasteiger partial charge on any atom is -0.379 e. The predicted molar refractivity (Wildman–Crippen MR) is 42.3 cm³/mol. The van der Waals surface area contributed by atoms with Crippen LogP contribution in [-0.2, 0) is 4.79 Å². The van der Waals surface area contributed by atoms with Crippen molar-refractivity contribution in [3.63, 3.8) is 0 Å². The van der Waals surface area contributed by atoms with Crippen molar-refractivity contribution in [3.05, 3.63) is 35.9 Å². The number of hydrogen-bond acceptors (Lipinski definition) is 2. The third-order valence-corrected chi connectivity index (χ3v) is 1.54. The summed E-state index contributed by atoms with van der Waals surface area (Å²) in [4.78, 5) is 10.5. The Morgan fingerprint density at radius 2 is 1.91 bits per heavy atom. The van der Waals surface area contributed by atoms with E-state index in [1.807, 2.05) is 0 Å². The Hall–Kier alpha value is -0.860. The lowest BCUT2D eigenvalue weighted by molar-refractivity contribution is -0.119. The van der Waals surface area contributed by atoms with Crippen LogP contribution in [0.4, 0.5) is 0 Å². The molecule has 0 unspecified atom stereocenters. The minimum absolute atomic E-state index is 0.521. The highest BCUT2D eigenvalue weighted by molar-refractivity contribution is 6.64. The second-order valence-electron chi connectivity index (χ2n) is 2.12. The van der Waals surface area contributed by atoms with Crippen molar-refractivity contribution in [1.29, 1.82) is 0 Å². The summed E-state index contributed by atoms with van der Waals surface area (Å²) >= 11 is 5.07. The lowest BCUT2D eigenvalue weighted by Crippen LogP contribution is -2.04. The summed E-state index contributed by atoms with van der Waals surface area (Å²) in [7, 11) is 0. The molecule has 58 valence electrons. The molecule has 0 aliphatic rings. The zero-order valence-corrected chi connectivity index (χ0v) is 6.45. The van der Waals surface area contributed by atoms with Gasteiger partial charge in [-0.15, -0.1) is 0 Å². The monoisotopic (exact) mass is 170 g/mol. The highest BCUT2D eigenvalue weighted by Gasteiger charge is 2.12. The molecule has 1 atom stereocenters. The van der Waals surface area contributed by atoms with Gasteiger partial charge < -0.3 is 5.11 Å². The first-order chi connectivity index (χ1) is 5.22. The van der Waals surface area contributed by atoms with Crippen LogP contribution in [0.5, 0.6) is 0 Å². The van der Waals surface area contributed by atoms with Gasteiger partial charge in [0.25, 0.3) is 5.24 Å². The number of hydrogen-bond donors (Lipinski definition) is 1. The van der Waals surface area contributed by atoms with E-state index in [2.05, 4.69) is 0 Å². The summed E-state index contributed by atoms with van der Waals surface area (Å²) in [6, 6.07) is 8.56. The standard InChI is InChI=1S/C8H7ClO2/c9-8(11)7(10)6-4-2-1-3-5-6/h1-5,7,10H/t7-/m1/s1. The zero-order valence-electron chi connectivity index (χ0n) is 5.70. The predicted octanol–water partition coefficient (Wildman–Crippen LogP) is 1.49. The topological polar surface area (TPSA) is 37.3 Å². The van der Waals surface area contributed by atoms with Gasteiger partial charge >= 0.3 is 0 Å². The van der Waals surface area contributed by atoms with Crippen LogP contribution in [-0.4, -0.2) is 10.3 Å². The van der Waals surface area contributed by atoms with Crippen LogP contribution in [0.15, 0.2) is 30.3 Å². The largest absolute Gasteiger partial charge is 0.379 e. The van der Waals surface area contributed by atoms with Crippen molar-refractivity contribution in [2.24, 2.45) is 0 Å². The molecule has 0 saturated carbocycles. The Bertz CT molecular complexity index is 246. The molecule has 1 aromatic carbocycles.